The normalized spacial score (nSPS) is 10.4. The summed E-state index contributed by atoms with van der Waals surface area (Å²) in [5, 5.41) is 8.55. The summed E-state index contributed by atoms with van der Waals surface area (Å²) in [6, 6.07) is 4.32. The summed E-state index contributed by atoms with van der Waals surface area (Å²) < 4.78 is 5.03. The molecular formula is C9H4O5S. The first-order valence-electron chi connectivity index (χ1n) is 3.90. The van der Waals surface area contributed by atoms with Gasteiger partial charge in [0.2, 0.25) is 0 Å². The summed E-state index contributed by atoms with van der Waals surface area (Å²) in [5.74, 6) is -2.60. The highest BCUT2D eigenvalue weighted by molar-refractivity contribution is 7.16. The summed E-state index contributed by atoms with van der Waals surface area (Å²) in [6.07, 6.45) is 0. The third-order valence-electron chi connectivity index (χ3n) is 1.80. The summed E-state index contributed by atoms with van der Waals surface area (Å²) in [7, 11) is 0. The fourth-order valence-corrected chi connectivity index (χ4v) is 1.97. The van der Waals surface area contributed by atoms with Crippen molar-refractivity contribution in [2.24, 2.45) is 0 Å². The third-order valence-corrected chi connectivity index (χ3v) is 2.67. The van der Waals surface area contributed by atoms with Gasteiger partial charge in [0.25, 0.3) is 5.78 Å². The molecule has 1 aromatic carbocycles. The predicted octanol–water partition coefficient (Wildman–Crippen LogP) is 1.12. The van der Waals surface area contributed by atoms with E-state index < -0.39 is 16.7 Å². The molecule has 6 heteroatoms. The number of rotatable bonds is 2. The monoisotopic (exact) mass is 224 g/mol. The van der Waals surface area contributed by atoms with Gasteiger partial charge in [-0.3, -0.25) is 4.79 Å². The van der Waals surface area contributed by atoms with Crippen LogP contribution in [0.5, 0.6) is 0 Å². The lowest BCUT2D eigenvalue weighted by molar-refractivity contribution is -0.131. The highest BCUT2D eigenvalue weighted by atomic mass is 32.1. The number of carboxylic acids is 1. The van der Waals surface area contributed by atoms with Crippen LogP contribution in [0.4, 0.5) is 0 Å². The van der Waals surface area contributed by atoms with Crippen molar-refractivity contribution in [1.29, 1.82) is 0 Å². The number of hydrogen-bond acceptors (Lipinski definition) is 5. The van der Waals surface area contributed by atoms with Gasteiger partial charge in [-0.15, -0.1) is 0 Å². The van der Waals surface area contributed by atoms with Gasteiger partial charge in [0.05, 0.1) is 10.3 Å². The summed E-state index contributed by atoms with van der Waals surface area (Å²) >= 11 is 0.718. The molecule has 5 nitrogen and oxygen atoms in total. The summed E-state index contributed by atoms with van der Waals surface area (Å²) in [5.41, 5.74) is 0.216. The van der Waals surface area contributed by atoms with Gasteiger partial charge >= 0.3 is 10.9 Å². The second-order valence-corrected chi connectivity index (χ2v) is 3.67. The Hall–Kier alpha value is -1.95. The number of fused-ring (bicyclic) bond motifs is 1. The molecule has 0 atom stereocenters. The number of hydrogen-bond donors (Lipinski definition) is 1. The number of Topliss-reactive ketones (excluding diaryl/α,β-unsaturated/α-hetero) is 1. The van der Waals surface area contributed by atoms with Crippen LogP contribution < -0.4 is 4.94 Å². The van der Waals surface area contributed by atoms with Crippen LogP contribution in [0.15, 0.2) is 27.4 Å². The summed E-state index contributed by atoms with van der Waals surface area (Å²) in [4.78, 5) is 32.1. The molecule has 1 heterocycles. The van der Waals surface area contributed by atoms with Gasteiger partial charge in [0.1, 0.15) is 5.58 Å². The first-order chi connectivity index (χ1) is 7.09. The Bertz CT molecular complexity index is 606. The van der Waals surface area contributed by atoms with E-state index in [-0.39, 0.29) is 15.8 Å². The van der Waals surface area contributed by atoms with Crippen LogP contribution in [-0.4, -0.2) is 16.9 Å². The number of carbonyl (C=O) groups is 2. The van der Waals surface area contributed by atoms with Gasteiger partial charge < -0.3 is 9.52 Å². The van der Waals surface area contributed by atoms with E-state index in [4.69, 9.17) is 9.52 Å². The minimum atomic E-state index is -1.55. The fourth-order valence-electron chi connectivity index (χ4n) is 1.19. The topological polar surface area (TPSA) is 84.6 Å². The molecular weight excluding hydrogens is 220 g/mol. The molecule has 0 amide bonds. The minimum absolute atomic E-state index is 0.0177. The number of aliphatic carboxylic acids is 1. The van der Waals surface area contributed by atoms with Gasteiger partial charge in [0, 0.05) is 0 Å². The molecule has 0 spiro atoms. The Kier molecular flexibility index (Phi) is 2.12. The molecule has 0 bridgehead atoms. The number of benzene rings is 1. The van der Waals surface area contributed by atoms with Gasteiger partial charge in [-0.1, -0.05) is 17.4 Å². The van der Waals surface area contributed by atoms with Gasteiger partial charge in [-0.05, 0) is 12.1 Å². The molecule has 1 N–H and O–H groups in total. The van der Waals surface area contributed by atoms with Crippen LogP contribution in [0, 0.1) is 0 Å². The molecule has 0 aliphatic rings. The van der Waals surface area contributed by atoms with Crippen LogP contribution in [0.2, 0.25) is 0 Å². The Labute approximate surface area is 86.6 Å². The zero-order valence-corrected chi connectivity index (χ0v) is 8.04. The van der Waals surface area contributed by atoms with Gasteiger partial charge in [0.15, 0.2) is 0 Å². The number of carboxylic acid groups (broad SMARTS) is 1. The van der Waals surface area contributed by atoms with Gasteiger partial charge in [-0.25, -0.2) is 9.59 Å². The SMILES string of the molecule is O=C(O)C(=O)c1cccc2oc(=O)sc12. The van der Waals surface area contributed by atoms with E-state index in [1.54, 1.807) is 0 Å². The molecule has 0 unspecified atom stereocenters. The minimum Gasteiger partial charge on any atom is -0.475 e. The molecule has 1 aromatic heterocycles. The average Bonchev–Trinajstić information content (AvgIpc) is 2.56. The first kappa shape index (κ1) is 9.60. The largest absolute Gasteiger partial charge is 0.475 e. The van der Waals surface area contributed by atoms with Crippen LogP contribution in [0.1, 0.15) is 10.4 Å². The van der Waals surface area contributed by atoms with Crippen LogP contribution in [0.25, 0.3) is 10.3 Å². The molecule has 2 rings (SSSR count). The van der Waals surface area contributed by atoms with E-state index in [0.29, 0.717) is 0 Å². The average molecular weight is 224 g/mol. The lowest BCUT2D eigenvalue weighted by Gasteiger charge is -1.95. The van der Waals surface area contributed by atoms with Crippen molar-refractivity contribution in [3.05, 3.63) is 33.5 Å². The van der Waals surface area contributed by atoms with Crippen molar-refractivity contribution in [1.82, 2.24) is 0 Å². The standard InChI is InChI=1S/C9H4O5S/c10-6(8(11)12)4-2-1-3-5-7(4)15-9(13)14-5/h1-3H,(H,11,12). The van der Waals surface area contributed by atoms with E-state index in [1.165, 1.54) is 18.2 Å². The molecule has 2 aromatic rings. The molecule has 0 saturated heterocycles. The highest BCUT2D eigenvalue weighted by Crippen LogP contribution is 2.21. The van der Waals surface area contributed by atoms with E-state index in [9.17, 15) is 14.4 Å². The van der Waals surface area contributed by atoms with E-state index in [0.717, 1.165) is 11.3 Å². The molecule has 15 heavy (non-hydrogen) atoms. The molecule has 0 aliphatic carbocycles. The highest BCUT2D eigenvalue weighted by Gasteiger charge is 2.19. The van der Waals surface area contributed by atoms with Crippen molar-refractivity contribution in [3.8, 4) is 0 Å². The van der Waals surface area contributed by atoms with Crippen molar-refractivity contribution < 1.29 is 19.1 Å². The number of carbonyl (C=O) groups excluding carboxylic acids is 1. The van der Waals surface area contributed by atoms with Crippen molar-refractivity contribution in [2.45, 2.75) is 0 Å². The Morgan fingerprint density at radius 3 is 2.73 bits per heavy atom. The predicted molar refractivity (Wildman–Crippen MR) is 52.3 cm³/mol. The molecule has 0 aliphatic heterocycles. The Morgan fingerprint density at radius 2 is 2.07 bits per heavy atom. The van der Waals surface area contributed by atoms with Crippen LogP contribution >= 0.6 is 11.3 Å². The quantitative estimate of drug-likeness (QED) is 0.610. The molecule has 0 radical (unpaired) electrons. The maximum Gasteiger partial charge on any atom is 0.396 e. The Balaban J connectivity index is 2.76. The van der Waals surface area contributed by atoms with Crippen LogP contribution in [0.3, 0.4) is 0 Å². The van der Waals surface area contributed by atoms with E-state index in [2.05, 4.69) is 0 Å². The summed E-state index contributed by atoms with van der Waals surface area (Å²) in [6.45, 7) is 0. The third kappa shape index (κ3) is 1.55. The van der Waals surface area contributed by atoms with E-state index >= 15 is 0 Å². The van der Waals surface area contributed by atoms with Crippen molar-refractivity contribution in [2.75, 3.05) is 0 Å². The lowest BCUT2D eigenvalue weighted by Crippen LogP contribution is -2.12. The van der Waals surface area contributed by atoms with Crippen molar-refractivity contribution in [3.63, 3.8) is 0 Å². The smallest absolute Gasteiger partial charge is 0.396 e. The maximum absolute atomic E-state index is 11.2. The second-order valence-electron chi connectivity index (χ2n) is 2.72. The van der Waals surface area contributed by atoms with Crippen molar-refractivity contribution >= 4 is 33.4 Å². The zero-order chi connectivity index (χ0) is 11.0. The molecule has 76 valence electrons. The fraction of sp³-hybridized carbons (Fsp3) is 0. The zero-order valence-electron chi connectivity index (χ0n) is 7.22. The molecule has 0 fully saturated rings. The number of ketones is 1. The lowest BCUT2D eigenvalue weighted by atomic mass is 10.1. The van der Waals surface area contributed by atoms with Crippen LogP contribution in [-0.2, 0) is 4.79 Å². The Morgan fingerprint density at radius 1 is 1.33 bits per heavy atom. The van der Waals surface area contributed by atoms with Gasteiger partial charge in [-0.2, -0.15) is 0 Å². The first-order valence-corrected chi connectivity index (χ1v) is 4.71. The molecule has 0 saturated carbocycles. The van der Waals surface area contributed by atoms with E-state index in [1.807, 2.05) is 0 Å². The second kappa shape index (κ2) is 3.32. The maximum atomic E-state index is 11.2.